The normalized spacial score (nSPS) is 11.2. The first-order chi connectivity index (χ1) is 16.1. The Morgan fingerprint density at radius 2 is 1.74 bits per heavy atom. The topological polar surface area (TPSA) is 55.8 Å². The molecule has 0 fully saturated rings. The van der Waals surface area contributed by atoms with Gasteiger partial charge in [-0.1, -0.05) is 51.6 Å². The van der Waals surface area contributed by atoms with Crippen molar-refractivity contribution in [1.29, 1.82) is 0 Å². The minimum atomic E-state index is -0.828. The van der Waals surface area contributed by atoms with E-state index < -0.39 is 5.97 Å². The van der Waals surface area contributed by atoms with Crippen LogP contribution in [-0.2, 0) is 17.8 Å². The highest BCUT2D eigenvalue weighted by Gasteiger charge is 2.22. The molecule has 3 aromatic carbocycles. The third kappa shape index (κ3) is 6.25. The lowest BCUT2D eigenvalue weighted by atomic mass is 9.80. The van der Waals surface area contributed by atoms with Gasteiger partial charge in [0.05, 0.1) is 7.11 Å². The van der Waals surface area contributed by atoms with Crippen LogP contribution in [0.2, 0.25) is 0 Å². The van der Waals surface area contributed by atoms with E-state index in [1.54, 1.807) is 19.2 Å². The molecule has 34 heavy (non-hydrogen) atoms. The first kappa shape index (κ1) is 25.0. The number of halogens is 1. The molecule has 0 radical (unpaired) electrons. The van der Waals surface area contributed by atoms with Crippen LogP contribution < -0.4 is 9.47 Å². The summed E-state index contributed by atoms with van der Waals surface area (Å²) in [4.78, 5) is 10.8. The largest absolute Gasteiger partial charge is 0.497 e. The highest BCUT2D eigenvalue weighted by atomic mass is 19.1. The third-order valence-electron chi connectivity index (χ3n) is 5.71. The number of ether oxygens (including phenoxy) is 2. The molecule has 0 saturated heterocycles. The van der Waals surface area contributed by atoms with Gasteiger partial charge in [-0.15, -0.1) is 0 Å². The van der Waals surface area contributed by atoms with Crippen LogP contribution in [0.4, 0.5) is 4.39 Å². The summed E-state index contributed by atoms with van der Waals surface area (Å²) in [7, 11) is 1.56. The highest BCUT2D eigenvalue weighted by molar-refractivity contribution is 5.83. The van der Waals surface area contributed by atoms with Crippen molar-refractivity contribution in [1.82, 2.24) is 0 Å². The van der Waals surface area contributed by atoms with Crippen LogP contribution in [0.3, 0.4) is 0 Å². The maximum absolute atomic E-state index is 14.8. The van der Waals surface area contributed by atoms with E-state index in [0.717, 1.165) is 27.8 Å². The molecule has 0 unspecified atom stereocenters. The van der Waals surface area contributed by atoms with E-state index in [1.807, 2.05) is 42.5 Å². The molecule has 0 aliphatic rings. The van der Waals surface area contributed by atoms with Gasteiger partial charge in [-0.25, -0.2) is 4.39 Å². The van der Waals surface area contributed by atoms with Crippen molar-refractivity contribution >= 4 is 11.5 Å². The Labute approximate surface area is 200 Å². The summed E-state index contributed by atoms with van der Waals surface area (Å²) < 4.78 is 26.1. The summed E-state index contributed by atoms with van der Waals surface area (Å²) >= 11 is 0. The number of benzene rings is 3. The van der Waals surface area contributed by atoms with Gasteiger partial charge in [0.25, 0.3) is 0 Å². The van der Waals surface area contributed by atoms with Gasteiger partial charge in [0, 0.05) is 12.0 Å². The third-order valence-corrected chi connectivity index (χ3v) is 5.71. The number of allylic oxidation sites excluding steroid dienone is 1. The van der Waals surface area contributed by atoms with Gasteiger partial charge >= 0.3 is 5.97 Å². The summed E-state index contributed by atoms with van der Waals surface area (Å²) in [5.74, 6) is 0.0948. The minimum Gasteiger partial charge on any atom is -0.497 e. The number of aryl methyl sites for hydroxylation is 1. The Balaban J connectivity index is 1.92. The maximum Gasteiger partial charge on any atom is 0.303 e. The molecule has 0 bridgehead atoms. The maximum atomic E-state index is 14.8. The smallest absolute Gasteiger partial charge is 0.303 e. The van der Waals surface area contributed by atoms with Crippen LogP contribution >= 0.6 is 0 Å². The van der Waals surface area contributed by atoms with E-state index in [-0.39, 0.29) is 17.7 Å². The number of methoxy groups -OCH3 is 1. The van der Waals surface area contributed by atoms with Crippen molar-refractivity contribution in [3.05, 3.63) is 89.8 Å². The second-order valence-corrected chi connectivity index (χ2v) is 9.28. The number of hydrogen-bond acceptors (Lipinski definition) is 3. The number of hydrogen-bond donors (Lipinski definition) is 1. The summed E-state index contributed by atoms with van der Waals surface area (Å²) in [6.45, 7) is 10.9. The summed E-state index contributed by atoms with van der Waals surface area (Å²) in [5.41, 5.74) is 4.56. The summed E-state index contributed by atoms with van der Waals surface area (Å²) in [6.07, 6.45) is 0.521. The predicted molar refractivity (Wildman–Crippen MR) is 134 cm³/mol. The second kappa shape index (κ2) is 10.6. The molecule has 0 heterocycles. The fraction of sp³-hybridized carbons (Fsp3) is 0.276. The lowest BCUT2D eigenvalue weighted by Gasteiger charge is -2.25. The van der Waals surface area contributed by atoms with Crippen LogP contribution in [0.5, 0.6) is 11.5 Å². The standard InChI is InChI=1S/C29H31FO4/c1-19(29(2,3)4)25-16-21(9-12-24(25)26-17-22(33-5)11-13-27(26)30)18-34-23-8-6-7-20(15-23)10-14-28(31)32/h6-9,11-13,15-17H,1,10,14,18H2,2-5H3,(H,31,32). The van der Waals surface area contributed by atoms with E-state index in [9.17, 15) is 9.18 Å². The van der Waals surface area contributed by atoms with Crippen molar-refractivity contribution < 1.29 is 23.8 Å². The monoisotopic (exact) mass is 462 g/mol. The summed E-state index contributed by atoms with van der Waals surface area (Å²) in [6, 6.07) is 18.0. The van der Waals surface area contributed by atoms with Gasteiger partial charge in [0.2, 0.25) is 0 Å². The Morgan fingerprint density at radius 1 is 0.971 bits per heavy atom. The fourth-order valence-electron chi connectivity index (χ4n) is 3.62. The number of aliphatic carboxylic acids is 1. The van der Waals surface area contributed by atoms with Crippen LogP contribution in [0.15, 0.2) is 67.2 Å². The van der Waals surface area contributed by atoms with E-state index in [1.165, 1.54) is 6.07 Å². The van der Waals surface area contributed by atoms with Crippen molar-refractivity contribution in [2.24, 2.45) is 5.41 Å². The van der Waals surface area contributed by atoms with Crippen molar-refractivity contribution in [2.75, 3.05) is 7.11 Å². The van der Waals surface area contributed by atoms with Crippen LogP contribution in [0.1, 0.15) is 43.9 Å². The zero-order valence-electron chi connectivity index (χ0n) is 20.2. The molecule has 4 nitrogen and oxygen atoms in total. The quantitative estimate of drug-likeness (QED) is 0.367. The fourth-order valence-corrected chi connectivity index (χ4v) is 3.62. The lowest BCUT2D eigenvalue weighted by molar-refractivity contribution is -0.136. The Morgan fingerprint density at radius 3 is 2.41 bits per heavy atom. The van der Waals surface area contributed by atoms with Gasteiger partial charge in [-0.2, -0.15) is 0 Å². The molecular formula is C29H31FO4. The van der Waals surface area contributed by atoms with Gasteiger partial charge in [0.1, 0.15) is 23.9 Å². The van der Waals surface area contributed by atoms with Crippen molar-refractivity contribution in [3.8, 4) is 22.6 Å². The van der Waals surface area contributed by atoms with Gasteiger partial charge in [0.15, 0.2) is 0 Å². The molecule has 0 aliphatic heterocycles. The Kier molecular flexibility index (Phi) is 7.77. The molecule has 0 aliphatic carbocycles. The predicted octanol–water partition coefficient (Wildman–Crippen LogP) is 7.16. The SMILES string of the molecule is C=C(c1cc(COc2cccc(CCC(=O)O)c2)ccc1-c1cc(OC)ccc1F)C(C)(C)C. The van der Waals surface area contributed by atoms with E-state index >= 15 is 0 Å². The van der Waals surface area contributed by atoms with Crippen molar-refractivity contribution in [3.63, 3.8) is 0 Å². The molecule has 178 valence electrons. The summed E-state index contributed by atoms with van der Waals surface area (Å²) in [5, 5.41) is 8.91. The van der Waals surface area contributed by atoms with Crippen LogP contribution in [0, 0.1) is 11.2 Å². The van der Waals surface area contributed by atoms with Crippen molar-refractivity contribution in [2.45, 2.75) is 40.2 Å². The zero-order chi connectivity index (χ0) is 24.9. The number of rotatable bonds is 9. The molecule has 0 atom stereocenters. The average molecular weight is 463 g/mol. The first-order valence-corrected chi connectivity index (χ1v) is 11.2. The van der Waals surface area contributed by atoms with Gasteiger partial charge < -0.3 is 14.6 Å². The van der Waals surface area contributed by atoms with Crippen LogP contribution in [-0.4, -0.2) is 18.2 Å². The molecule has 0 spiro atoms. The van der Waals surface area contributed by atoms with E-state index in [2.05, 4.69) is 27.4 Å². The highest BCUT2D eigenvalue weighted by Crippen LogP contribution is 2.40. The molecule has 3 rings (SSSR count). The average Bonchev–Trinajstić information content (AvgIpc) is 2.81. The first-order valence-electron chi connectivity index (χ1n) is 11.2. The molecule has 1 N–H and O–H groups in total. The number of carboxylic acid groups (broad SMARTS) is 1. The van der Waals surface area contributed by atoms with Gasteiger partial charge in [-0.3, -0.25) is 4.79 Å². The molecule has 0 saturated carbocycles. The van der Waals surface area contributed by atoms with E-state index in [4.69, 9.17) is 14.6 Å². The molecule has 0 aromatic heterocycles. The Hall–Kier alpha value is -3.60. The molecule has 5 heteroatoms. The zero-order valence-corrected chi connectivity index (χ0v) is 20.2. The lowest BCUT2D eigenvalue weighted by Crippen LogP contribution is -2.09. The van der Waals surface area contributed by atoms with Crippen LogP contribution in [0.25, 0.3) is 16.7 Å². The minimum absolute atomic E-state index is 0.0734. The van der Waals surface area contributed by atoms with E-state index in [0.29, 0.717) is 30.1 Å². The molecule has 3 aromatic rings. The molecule has 0 amide bonds. The molecular weight excluding hydrogens is 431 g/mol. The van der Waals surface area contributed by atoms with Gasteiger partial charge in [-0.05, 0) is 76.1 Å². The second-order valence-electron chi connectivity index (χ2n) is 9.28. The number of carbonyl (C=O) groups is 1. The number of carboxylic acids is 1. The Bertz CT molecular complexity index is 1190.